The lowest BCUT2D eigenvalue weighted by atomic mass is 10.1. The molecule has 8 heteroatoms. The average molecular weight is 334 g/mol. The molecule has 22 heavy (non-hydrogen) atoms. The molecule has 0 unspecified atom stereocenters. The molecule has 116 valence electrons. The van der Waals surface area contributed by atoms with E-state index in [4.69, 9.17) is 11.6 Å². The lowest BCUT2D eigenvalue weighted by Crippen LogP contribution is -2.20. The van der Waals surface area contributed by atoms with E-state index in [1.54, 1.807) is 0 Å². The second kappa shape index (κ2) is 6.23. The Bertz CT molecular complexity index is 703. The Morgan fingerprint density at radius 2 is 1.82 bits per heavy atom. The van der Waals surface area contributed by atoms with E-state index in [9.17, 15) is 22.4 Å². The molecule has 0 aliphatic rings. The Morgan fingerprint density at radius 1 is 1.14 bits per heavy atom. The lowest BCUT2D eigenvalue weighted by molar-refractivity contribution is -0.136. The third-order valence-corrected chi connectivity index (χ3v) is 2.80. The van der Waals surface area contributed by atoms with Crippen molar-refractivity contribution in [2.45, 2.75) is 6.18 Å². The molecule has 2 aromatic rings. The number of para-hydroxylation sites is 1. The van der Waals surface area contributed by atoms with E-state index in [2.05, 4.69) is 4.74 Å². The van der Waals surface area contributed by atoms with Crippen LogP contribution in [0, 0.1) is 5.82 Å². The summed E-state index contributed by atoms with van der Waals surface area (Å²) < 4.78 is 56.5. The Morgan fingerprint density at radius 3 is 2.45 bits per heavy atom. The van der Waals surface area contributed by atoms with Gasteiger partial charge in [0.2, 0.25) is 0 Å². The van der Waals surface area contributed by atoms with Gasteiger partial charge in [0.25, 0.3) is 0 Å². The summed E-state index contributed by atoms with van der Waals surface area (Å²) in [7, 11) is 0. The number of carbonyl (C=O) groups excluding carboxylic acids is 1. The highest BCUT2D eigenvalue weighted by Crippen LogP contribution is 2.36. The van der Waals surface area contributed by atoms with Crippen molar-refractivity contribution in [3.05, 3.63) is 58.9 Å². The number of hydrogen-bond donors (Lipinski definition) is 1. The van der Waals surface area contributed by atoms with E-state index in [1.807, 2.05) is 5.32 Å². The van der Waals surface area contributed by atoms with Crippen molar-refractivity contribution >= 4 is 23.4 Å². The van der Waals surface area contributed by atoms with Crippen molar-refractivity contribution in [3.8, 4) is 5.75 Å². The van der Waals surface area contributed by atoms with Gasteiger partial charge in [-0.05, 0) is 30.3 Å². The molecule has 0 saturated heterocycles. The largest absolute Gasteiger partial charge is 0.418 e. The number of rotatable bonds is 2. The topological polar surface area (TPSA) is 38.3 Å². The van der Waals surface area contributed by atoms with Gasteiger partial charge >= 0.3 is 12.3 Å². The van der Waals surface area contributed by atoms with Gasteiger partial charge in [0.05, 0.1) is 11.3 Å². The molecule has 0 aliphatic carbocycles. The average Bonchev–Trinajstić information content (AvgIpc) is 2.42. The van der Waals surface area contributed by atoms with Crippen LogP contribution in [-0.2, 0) is 6.18 Å². The maximum Gasteiger partial charge on any atom is 0.418 e. The van der Waals surface area contributed by atoms with Gasteiger partial charge in [-0.2, -0.15) is 13.2 Å². The number of ether oxygens (including phenoxy) is 1. The van der Waals surface area contributed by atoms with Gasteiger partial charge in [0.15, 0.2) is 11.6 Å². The van der Waals surface area contributed by atoms with Crippen molar-refractivity contribution in [2.75, 3.05) is 5.32 Å². The number of benzene rings is 2. The number of amides is 1. The first-order valence-electron chi connectivity index (χ1n) is 5.87. The van der Waals surface area contributed by atoms with Crippen molar-refractivity contribution in [1.29, 1.82) is 0 Å². The molecular weight excluding hydrogens is 326 g/mol. The van der Waals surface area contributed by atoms with Gasteiger partial charge in [0, 0.05) is 5.02 Å². The fraction of sp³-hybridized carbons (Fsp3) is 0.0714. The van der Waals surface area contributed by atoms with Gasteiger partial charge in [-0.1, -0.05) is 23.7 Å². The highest BCUT2D eigenvalue weighted by atomic mass is 35.5. The monoisotopic (exact) mass is 333 g/mol. The van der Waals surface area contributed by atoms with Crippen LogP contribution >= 0.6 is 11.6 Å². The van der Waals surface area contributed by atoms with Crippen LogP contribution in [-0.4, -0.2) is 6.09 Å². The predicted molar refractivity (Wildman–Crippen MR) is 72.5 cm³/mol. The highest BCUT2D eigenvalue weighted by molar-refractivity contribution is 6.30. The summed E-state index contributed by atoms with van der Waals surface area (Å²) >= 11 is 5.52. The number of alkyl halides is 3. The molecule has 0 heterocycles. The minimum atomic E-state index is -4.72. The van der Waals surface area contributed by atoms with E-state index >= 15 is 0 Å². The van der Waals surface area contributed by atoms with Crippen molar-refractivity contribution in [2.24, 2.45) is 0 Å². The zero-order valence-electron chi connectivity index (χ0n) is 10.7. The smallest absolute Gasteiger partial charge is 0.407 e. The summed E-state index contributed by atoms with van der Waals surface area (Å²) in [6, 6.07) is 7.83. The Hall–Kier alpha value is -2.28. The van der Waals surface area contributed by atoms with E-state index in [0.717, 1.165) is 12.1 Å². The van der Waals surface area contributed by atoms with Gasteiger partial charge in [0.1, 0.15) is 0 Å². The summed E-state index contributed by atoms with van der Waals surface area (Å²) in [5.74, 6) is -1.22. The first-order chi connectivity index (χ1) is 10.3. The number of hydrogen-bond acceptors (Lipinski definition) is 2. The van der Waals surface area contributed by atoms with Gasteiger partial charge in [-0.3, -0.25) is 5.32 Å². The zero-order chi connectivity index (χ0) is 16.3. The van der Waals surface area contributed by atoms with Crippen molar-refractivity contribution in [3.63, 3.8) is 0 Å². The van der Waals surface area contributed by atoms with Crippen LogP contribution in [0.3, 0.4) is 0 Å². The first kappa shape index (κ1) is 16.1. The van der Waals surface area contributed by atoms with Crippen LogP contribution in [0.1, 0.15) is 5.56 Å². The fourth-order valence-corrected chi connectivity index (χ4v) is 1.79. The third kappa shape index (κ3) is 3.88. The number of carbonyl (C=O) groups is 1. The molecule has 0 aromatic heterocycles. The van der Waals surface area contributed by atoms with Crippen LogP contribution in [0.25, 0.3) is 0 Å². The summed E-state index contributed by atoms with van der Waals surface area (Å²) in [6.07, 6.45) is -5.97. The molecule has 1 amide bonds. The number of anilines is 1. The summed E-state index contributed by atoms with van der Waals surface area (Å²) in [5.41, 5.74) is -1.68. The second-order valence-electron chi connectivity index (χ2n) is 4.13. The predicted octanol–water partition coefficient (Wildman–Crippen LogP) is 5.11. The highest BCUT2D eigenvalue weighted by Gasteiger charge is 2.34. The van der Waals surface area contributed by atoms with Gasteiger partial charge < -0.3 is 4.74 Å². The molecule has 3 nitrogen and oxygen atoms in total. The third-order valence-electron chi connectivity index (χ3n) is 2.56. The van der Waals surface area contributed by atoms with Crippen LogP contribution in [0.5, 0.6) is 5.75 Å². The quantitative estimate of drug-likeness (QED) is 0.776. The molecule has 0 saturated carbocycles. The molecule has 0 bridgehead atoms. The van der Waals surface area contributed by atoms with E-state index in [-0.39, 0.29) is 5.02 Å². The first-order valence-corrected chi connectivity index (χ1v) is 6.25. The molecule has 0 fully saturated rings. The Labute approximate surface area is 127 Å². The maximum atomic E-state index is 13.3. The number of nitrogens with one attached hydrogen (secondary N) is 1. The molecule has 2 aromatic carbocycles. The Kier molecular flexibility index (Phi) is 4.56. The molecule has 2 rings (SSSR count). The fourth-order valence-electron chi connectivity index (χ4n) is 1.62. The molecular formula is C14H8ClF4NO2. The van der Waals surface area contributed by atoms with E-state index in [0.29, 0.717) is 6.07 Å². The summed E-state index contributed by atoms with van der Waals surface area (Å²) in [5, 5.41) is 1.77. The molecule has 0 atom stereocenters. The number of halogens is 5. The SMILES string of the molecule is O=C(Nc1ccc(Cl)cc1C(F)(F)F)Oc1ccccc1F. The zero-order valence-corrected chi connectivity index (χ0v) is 11.5. The molecule has 0 radical (unpaired) electrons. The minimum Gasteiger partial charge on any atom is -0.407 e. The minimum absolute atomic E-state index is 0.139. The van der Waals surface area contributed by atoms with Crippen LogP contribution in [0.15, 0.2) is 42.5 Å². The Balaban J connectivity index is 2.21. The molecule has 1 N–H and O–H groups in total. The van der Waals surface area contributed by atoms with Gasteiger partial charge in [-0.15, -0.1) is 0 Å². The van der Waals surface area contributed by atoms with Gasteiger partial charge in [-0.25, -0.2) is 9.18 Å². The van der Waals surface area contributed by atoms with Crippen LogP contribution < -0.4 is 10.1 Å². The normalized spacial score (nSPS) is 11.1. The van der Waals surface area contributed by atoms with Crippen molar-refractivity contribution in [1.82, 2.24) is 0 Å². The second-order valence-corrected chi connectivity index (χ2v) is 4.57. The van der Waals surface area contributed by atoms with E-state index in [1.165, 1.54) is 24.3 Å². The van der Waals surface area contributed by atoms with Crippen LogP contribution in [0.4, 0.5) is 28.0 Å². The summed E-state index contributed by atoms with van der Waals surface area (Å²) in [6.45, 7) is 0. The summed E-state index contributed by atoms with van der Waals surface area (Å²) in [4.78, 5) is 11.6. The molecule has 0 spiro atoms. The van der Waals surface area contributed by atoms with Crippen LogP contribution in [0.2, 0.25) is 5.02 Å². The molecule has 0 aliphatic heterocycles. The maximum absolute atomic E-state index is 13.3. The lowest BCUT2D eigenvalue weighted by Gasteiger charge is -2.14. The van der Waals surface area contributed by atoms with Crippen molar-refractivity contribution < 1.29 is 27.1 Å². The standard InChI is InChI=1S/C14H8ClF4NO2/c15-8-5-6-11(9(7-8)14(17,18)19)20-13(21)22-12-4-2-1-3-10(12)16/h1-7H,(H,20,21). The van der Waals surface area contributed by atoms with E-state index < -0.39 is 35.1 Å².